The van der Waals surface area contributed by atoms with Gasteiger partial charge in [-0.1, -0.05) is 30.3 Å². The van der Waals surface area contributed by atoms with E-state index in [1.165, 1.54) is 11.1 Å². The lowest BCUT2D eigenvalue weighted by Gasteiger charge is -2.19. The maximum atomic E-state index is 12.7. The van der Waals surface area contributed by atoms with Gasteiger partial charge in [0.1, 0.15) is 5.82 Å². The number of carboxylic acids is 2. The van der Waals surface area contributed by atoms with Crippen molar-refractivity contribution in [2.24, 2.45) is 0 Å². The Kier molecular flexibility index (Phi) is 13.7. The lowest BCUT2D eigenvalue weighted by molar-refractivity contribution is -0.193. The van der Waals surface area contributed by atoms with Crippen molar-refractivity contribution >= 4 is 23.7 Å². The van der Waals surface area contributed by atoms with Gasteiger partial charge in [0.15, 0.2) is 0 Å². The number of fused-ring (bicyclic) bond motifs is 1. The second-order valence-electron chi connectivity index (χ2n) is 9.67. The summed E-state index contributed by atoms with van der Waals surface area (Å²) in [5.41, 5.74) is 4.39. The Balaban J connectivity index is 0.000000522. The van der Waals surface area contributed by atoms with Crippen LogP contribution in [0.5, 0.6) is 0 Å². The number of benzene rings is 1. The maximum absolute atomic E-state index is 12.7. The summed E-state index contributed by atoms with van der Waals surface area (Å²) in [6, 6.07) is 12.9. The van der Waals surface area contributed by atoms with Crippen LogP contribution in [0.2, 0.25) is 0 Å². The molecule has 1 aromatic heterocycles. The molecule has 3 N–H and O–H groups in total. The minimum absolute atomic E-state index is 0.00336. The SMILES string of the molecule is CC(C)Nc1nc2c(cc1C(=O)N(C)C)CCN(CCc1ccccc1)CC2.O=C(O)C(F)(F)F.O=C(O)C(F)(F)F. The summed E-state index contributed by atoms with van der Waals surface area (Å²) in [4.78, 5) is 39.5. The molecule has 0 saturated heterocycles. The molecule has 1 aromatic carbocycles. The van der Waals surface area contributed by atoms with Crippen LogP contribution in [0.1, 0.15) is 41.0 Å². The van der Waals surface area contributed by atoms with E-state index < -0.39 is 24.3 Å². The fourth-order valence-electron chi connectivity index (χ4n) is 3.62. The third-order valence-electron chi connectivity index (χ3n) is 5.66. The highest BCUT2D eigenvalue weighted by molar-refractivity contribution is 5.98. The molecule has 2 heterocycles. The van der Waals surface area contributed by atoms with Crippen LogP contribution in [0.4, 0.5) is 32.2 Å². The number of carbonyl (C=O) groups is 3. The number of hydrogen-bond donors (Lipinski definition) is 3. The molecule has 0 aliphatic carbocycles. The average Bonchev–Trinajstić information content (AvgIpc) is 3.08. The predicted octanol–water partition coefficient (Wildman–Crippen LogP) is 4.51. The number of pyridine rings is 1. The molecule has 9 nitrogen and oxygen atoms in total. The van der Waals surface area contributed by atoms with Crippen LogP contribution < -0.4 is 5.32 Å². The Morgan fingerprint density at radius 3 is 1.90 bits per heavy atom. The van der Waals surface area contributed by atoms with E-state index in [4.69, 9.17) is 24.8 Å². The van der Waals surface area contributed by atoms with Crippen molar-refractivity contribution in [1.82, 2.24) is 14.8 Å². The van der Waals surface area contributed by atoms with Gasteiger partial charge in [-0.05, 0) is 43.9 Å². The number of carbonyl (C=O) groups excluding carboxylic acids is 1. The zero-order valence-corrected chi connectivity index (χ0v) is 23.5. The third-order valence-corrected chi connectivity index (χ3v) is 5.66. The molecule has 1 amide bonds. The van der Waals surface area contributed by atoms with Crippen LogP contribution in [0.25, 0.3) is 0 Å². The molecule has 1 aliphatic heterocycles. The van der Waals surface area contributed by atoms with Gasteiger partial charge in [0.25, 0.3) is 5.91 Å². The summed E-state index contributed by atoms with van der Waals surface area (Å²) in [5, 5.41) is 17.6. The van der Waals surface area contributed by atoms with Crippen LogP contribution in [0.15, 0.2) is 36.4 Å². The summed E-state index contributed by atoms with van der Waals surface area (Å²) < 4.78 is 63.5. The number of aromatic nitrogens is 1. The Morgan fingerprint density at radius 1 is 0.952 bits per heavy atom. The molecule has 234 valence electrons. The van der Waals surface area contributed by atoms with Crippen molar-refractivity contribution in [3.05, 3.63) is 58.8 Å². The Morgan fingerprint density at radius 2 is 1.45 bits per heavy atom. The molecule has 1 aliphatic rings. The van der Waals surface area contributed by atoms with Crippen molar-refractivity contribution in [1.29, 1.82) is 0 Å². The molecule has 15 heteroatoms. The standard InChI is InChI=1S/C23H32N4O.2C2HF3O2/c1-17(2)24-22-20(23(28)26(3)4)16-19-11-14-27(15-12-21(19)25-22)13-10-18-8-6-5-7-9-18;2*3-2(4,5)1(6)7/h5-9,16-17H,10-15H2,1-4H3,(H,24,25);2*(H,6,7). The highest BCUT2D eigenvalue weighted by Crippen LogP contribution is 2.23. The molecule has 0 saturated carbocycles. The number of nitrogens with zero attached hydrogens (tertiary/aromatic N) is 3. The van der Waals surface area contributed by atoms with E-state index in [1.54, 1.807) is 19.0 Å². The van der Waals surface area contributed by atoms with Crippen molar-refractivity contribution in [2.45, 2.75) is 51.5 Å². The number of amides is 1. The van der Waals surface area contributed by atoms with Crippen LogP contribution >= 0.6 is 0 Å². The van der Waals surface area contributed by atoms with Crippen LogP contribution in [-0.4, -0.2) is 95.0 Å². The summed E-state index contributed by atoms with van der Waals surface area (Å²) in [7, 11) is 3.58. The number of halogens is 6. The smallest absolute Gasteiger partial charge is 0.475 e. The van der Waals surface area contributed by atoms with E-state index in [1.807, 2.05) is 0 Å². The first-order valence-corrected chi connectivity index (χ1v) is 12.7. The summed E-state index contributed by atoms with van der Waals surface area (Å²) >= 11 is 0. The van der Waals surface area contributed by atoms with E-state index in [0.717, 1.165) is 44.6 Å². The first kappa shape index (κ1) is 36.1. The van der Waals surface area contributed by atoms with Crippen molar-refractivity contribution < 1.29 is 50.9 Å². The van der Waals surface area contributed by atoms with Gasteiger partial charge in [-0.3, -0.25) is 4.79 Å². The topological polar surface area (TPSA) is 123 Å². The van der Waals surface area contributed by atoms with Crippen molar-refractivity contribution in [3.63, 3.8) is 0 Å². The van der Waals surface area contributed by atoms with E-state index in [2.05, 4.69) is 60.5 Å². The number of anilines is 1. The van der Waals surface area contributed by atoms with Crippen LogP contribution in [0, 0.1) is 0 Å². The Bertz CT molecular complexity index is 1160. The number of hydrogen-bond acceptors (Lipinski definition) is 6. The number of rotatable bonds is 6. The van der Waals surface area contributed by atoms with Gasteiger partial charge in [-0.15, -0.1) is 0 Å². The molecule has 0 bridgehead atoms. The molecule has 3 rings (SSSR count). The molecule has 2 aromatic rings. The summed E-state index contributed by atoms with van der Waals surface area (Å²) in [6.07, 6.45) is -7.24. The third kappa shape index (κ3) is 12.7. The maximum Gasteiger partial charge on any atom is 0.490 e. The van der Waals surface area contributed by atoms with Gasteiger partial charge in [-0.25, -0.2) is 14.6 Å². The van der Waals surface area contributed by atoms with Crippen molar-refractivity contribution in [3.8, 4) is 0 Å². The zero-order chi connectivity index (χ0) is 32.3. The molecule has 42 heavy (non-hydrogen) atoms. The number of carboxylic acid groups (broad SMARTS) is 2. The van der Waals surface area contributed by atoms with Crippen LogP contribution in [-0.2, 0) is 28.9 Å². The average molecular weight is 609 g/mol. The van der Waals surface area contributed by atoms with Crippen LogP contribution in [0.3, 0.4) is 0 Å². The minimum Gasteiger partial charge on any atom is -0.475 e. The van der Waals surface area contributed by atoms with Gasteiger partial charge in [0.2, 0.25) is 0 Å². The molecule has 0 spiro atoms. The largest absolute Gasteiger partial charge is 0.490 e. The monoisotopic (exact) mass is 608 g/mol. The highest BCUT2D eigenvalue weighted by Gasteiger charge is 2.38. The van der Waals surface area contributed by atoms with Gasteiger partial charge < -0.3 is 25.3 Å². The molecule has 0 radical (unpaired) electrons. The van der Waals surface area contributed by atoms with Crippen molar-refractivity contribution in [2.75, 3.05) is 39.0 Å². The molecule has 0 unspecified atom stereocenters. The summed E-state index contributed by atoms with van der Waals surface area (Å²) in [5.74, 6) is -4.80. The first-order chi connectivity index (χ1) is 19.3. The van der Waals surface area contributed by atoms with Gasteiger partial charge in [-0.2, -0.15) is 26.3 Å². The van der Waals surface area contributed by atoms with E-state index >= 15 is 0 Å². The van der Waals surface area contributed by atoms with E-state index in [0.29, 0.717) is 11.4 Å². The Labute approximate surface area is 239 Å². The molecule has 0 fully saturated rings. The summed E-state index contributed by atoms with van der Waals surface area (Å²) in [6.45, 7) is 7.22. The lowest BCUT2D eigenvalue weighted by atomic mass is 10.0. The molecular formula is C27H34F6N4O5. The second-order valence-corrected chi connectivity index (χ2v) is 9.67. The normalized spacial score (nSPS) is 13.4. The fraction of sp³-hybridized carbons (Fsp3) is 0.481. The molecule has 0 atom stereocenters. The van der Waals surface area contributed by atoms with E-state index in [-0.39, 0.29) is 11.9 Å². The van der Waals surface area contributed by atoms with Gasteiger partial charge >= 0.3 is 24.3 Å². The quantitative estimate of drug-likeness (QED) is 0.410. The Hall–Kier alpha value is -3.88. The van der Waals surface area contributed by atoms with Gasteiger partial charge in [0.05, 0.1) is 5.56 Å². The number of alkyl halides is 6. The second kappa shape index (κ2) is 15.9. The predicted molar refractivity (Wildman–Crippen MR) is 142 cm³/mol. The highest BCUT2D eigenvalue weighted by atomic mass is 19.4. The fourth-order valence-corrected chi connectivity index (χ4v) is 3.62. The lowest BCUT2D eigenvalue weighted by Crippen LogP contribution is -2.28. The number of aliphatic carboxylic acids is 2. The van der Waals surface area contributed by atoms with E-state index in [9.17, 15) is 31.1 Å². The zero-order valence-electron chi connectivity index (χ0n) is 23.5. The molecular weight excluding hydrogens is 574 g/mol. The number of nitrogens with one attached hydrogen (secondary N) is 1. The first-order valence-electron chi connectivity index (χ1n) is 12.7. The minimum atomic E-state index is -5.08. The van der Waals surface area contributed by atoms with Gasteiger partial charge in [0, 0.05) is 51.9 Å².